The third-order valence-electron chi connectivity index (χ3n) is 3.95. The maximum absolute atomic E-state index is 12.0. The molecule has 1 aliphatic carbocycles. The van der Waals surface area contributed by atoms with Crippen LogP contribution in [0.1, 0.15) is 54.0 Å². The highest BCUT2D eigenvalue weighted by atomic mass is 16.3. The van der Waals surface area contributed by atoms with Crippen LogP contribution in [0.15, 0.2) is 10.5 Å². The summed E-state index contributed by atoms with van der Waals surface area (Å²) in [6.07, 6.45) is 5.36. The number of carbonyl (C=O) groups excluding carboxylic acids is 1. The fraction of sp³-hybridized carbons (Fsp3) is 0.667. The highest BCUT2D eigenvalue weighted by Crippen LogP contribution is 2.26. The normalized spacial score (nSPS) is 18.3. The van der Waals surface area contributed by atoms with E-state index >= 15 is 0 Å². The Kier molecular flexibility index (Phi) is 4.64. The molecule has 0 bridgehead atoms. The number of aliphatic hydroxyl groups is 1. The van der Waals surface area contributed by atoms with Gasteiger partial charge in [-0.3, -0.25) is 4.79 Å². The quantitative estimate of drug-likeness (QED) is 0.879. The molecule has 106 valence electrons. The Morgan fingerprint density at radius 3 is 2.68 bits per heavy atom. The van der Waals surface area contributed by atoms with E-state index in [4.69, 9.17) is 4.42 Å². The average molecular weight is 265 g/mol. The molecule has 4 heteroatoms. The van der Waals surface area contributed by atoms with Gasteiger partial charge in [-0.2, -0.15) is 0 Å². The van der Waals surface area contributed by atoms with Gasteiger partial charge in [-0.1, -0.05) is 19.3 Å². The molecule has 4 nitrogen and oxygen atoms in total. The van der Waals surface area contributed by atoms with Crippen LogP contribution in [0.25, 0.3) is 0 Å². The molecule has 1 aliphatic rings. The number of aliphatic hydroxyl groups excluding tert-OH is 1. The van der Waals surface area contributed by atoms with Crippen LogP contribution in [0.5, 0.6) is 0 Å². The number of rotatable bonds is 4. The predicted octanol–water partition coefficient (Wildman–Crippen LogP) is 2.57. The van der Waals surface area contributed by atoms with E-state index in [-0.39, 0.29) is 5.91 Å². The second-order valence-electron chi connectivity index (χ2n) is 5.50. The molecule has 19 heavy (non-hydrogen) atoms. The maximum atomic E-state index is 12.0. The van der Waals surface area contributed by atoms with E-state index in [1.165, 1.54) is 19.3 Å². The van der Waals surface area contributed by atoms with Crippen LogP contribution in [0, 0.1) is 19.8 Å². The number of hydrogen-bond donors (Lipinski definition) is 2. The molecule has 0 aliphatic heterocycles. The van der Waals surface area contributed by atoms with Crippen LogP contribution in [-0.4, -0.2) is 23.7 Å². The summed E-state index contributed by atoms with van der Waals surface area (Å²) in [7, 11) is 0. The Labute approximate surface area is 114 Å². The predicted molar refractivity (Wildman–Crippen MR) is 73.1 cm³/mol. The molecular formula is C15H23NO3. The van der Waals surface area contributed by atoms with Crippen molar-refractivity contribution >= 4 is 5.91 Å². The first kappa shape index (κ1) is 14.1. The molecular weight excluding hydrogens is 242 g/mol. The number of amides is 1. The first-order valence-electron chi connectivity index (χ1n) is 7.11. The lowest BCUT2D eigenvalue weighted by atomic mass is 9.85. The monoisotopic (exact) mass is 265 g/mol. The van der Waals surface area contributed by atoms with Gasteiger partial charge in [-0.15, -0.1) is 0 Å². The van der Waals surface area contributed by atoms with Crippen molar-refractivity contribution in [3.05, 3.63) is 23.2 Å². The van der Waals surface area contributed by atoms with Crippen molar-refractivity contribution in [2.75, 3.05) is 6.54 Å². The number of nitrogens with one attached hydrogen (secondary N) is 1. The van der Waals surface area contributed by atoms with E-state index in [1.54, 1.807) is 13.0 Å². The molecule has 1 aromatic rings. The summed E-state index contributed by atoms with van der Waals surface area (Å²) in [4.78, 5) is 12.0. The minimum Gasteiger partial charge on any atom is -0.466 e. The molecule has 0 radical (unpaired) electrons. The number of hydrogen-bond acceptors (Lipinski definition) is 3. The van der Waals surface area contributed by atoms with Crippen molar-refractivity contribution in [1.82, 2.24) is 5.32 Å². The van der Waals surface area contributed by atoms with Crippen molar-refractivity contribution in [2.24, 2.45) is 5.92 Å². The van der Waals surface area contributed by atoms with E-state index in [0.717, 1.165) is 18.6 Å². The standard InChI is InChI=1S/C15H23NO3/c1-10-8-13(11(2)19-10)15(18)16-9-14(17)12-6-4-3-5-7-12/h8,12,14,17H,3-7,9H2,1-2H3,(H,16,18). The van der Waals surface area contributed by atoms with Gasteiger partial charge in [0.05, 0.1) is 11.7 Å². The van der Waals surface area contributed by atoms with Crippen molar-refractivity contribution < 1.29 is 14.3 Å². The summed E-state index contributed by atoms with van der Waals surface area (Å²) in [6, 6.07) is 1.73. The van der Waals surface area contributed by atoms with Crippen LogP contribution in [-0.2, 0) is 0 Å². The Hall–Kier alpha value is -1.29. The fourth-order valence-corrected chi connectivity index (χ4v) is 2.83. The van der Waals surface area contributed by atoms with Crippen LogP contribution < -0.4 is 5.32 Å². The van der Waals surface area contributed by atoms with E-state index in [9.17, 15) is 9.90 Å². The topological polar surface area (TPSA) is 62.5 Å². The first-order valence-corrected chi connectivity index (χ1v) is 7.11. The smallest absolute Gasteiger partial charge is 0.254 e. The molecule has 0 aromatic carbocycles. The Bertz CT molecular complexity index is 433. The van der Waals surface area contributed by atoms with Crippen LogP contribution in [0.4, 0.5) is 0 Å². The lowest BCUT2D eigenvalue weighted by Crippen LogP contribution is -2.37. The van der Waals surface area contributed by atoms with Gasteiger partial charge in [0.2, 0.25) is 0 Å². The molecule has 2 N–H and O–H groups in total. The molecule has 1 amide bonds. The van der Waals surface area contributed by atoms with Gasteiger partial charge in [0.1, 0.15) is 11.5 Å². The Balaban J connectivity index is 1.84. The first-order chi connectivity index (χ1) is 9.08. The van der Waals surface area contributed by atoms with Gasteiger partial charge in [-0.25, -0.2) is 0 Å². The third-order valence-corrected chi connectivity index (χ3v) is 3.95. The molecule has 1 unspecified atom stereocenters. The van der Waals surface area contributed by atoms with Crippen molar-refractivity contribution in [3.8, 4) is 0 Å². The summed E-state index contributed by atoms with van der Waals surface area (Å²) < 4.78 is 5.34. The highest BCUT2D eigenvalue weighted by molar-refractivity contribution is 5.95. The van der Waals surface area contributed by atoms with Gasteiger partial charge in [0.15, 0.2) is 0 Å². The molecule has 1 atom stereocenters. The van der Waals surface area contributed by atoms with Gasteiger partial charge in [-0.05, 0) is 38.7 Å². The zero-order chi connectivity index (χ0) is 13.8. The van der Waals surface area contributed by atoms with E-state index in [2.05, 4.69) is 5.32 Å². The van der Waals surface area contributed by atoms with Gasteiger partial charge < -0.3 is 14.8 Å². The SMILES string of the molecule is Cc1cc(C(=O)NCC(O)C2CCCCC2)c(C)o1. The number of furan rings is 1. The lowest BCUT2D eigenvalue weighted by molar-refractivity contribution is 0.0737. The number of aryl methyl sites for hydroxylation is 2. The fourth-order valence-electron chi connectivity index (χ4n) is 2.83. The maximum Gasteiger partial charge on any atom is 0.254 e. The summed E-state index contributed by atoms with van der Waals surface area (Å²) in [5, 5.41) is 12.9. The summed E-state index contributed by atoms with van der Waals surface area (Å²) in [5.74, 6) is 1.53. The zero-order valence-electron chi connectivity index (χ0n) is 11.7. The molecule has 1 fully saturated rings. The van der Waals surface area contributed by atoms with Crippen LogP contribution in [0.2, 0.25) is 0 Å². The Morgan fingerprint density at radius 2 is 2.11 bits per heavy atom. The van der Waals surface area contributed by atoms with E-state index < -0.39 is 6.10 Å². The summed E-state index contributed by atoms with van der Waals surface area (Å²) in [6.45, 7) is 3.92. The third kappa shape index (κ3) is 3.60. The molecule has 0 spiro atoms. The molecule has 1 heterocycles. The summed E-state index contributed by atoms with van der Waals surface area (Å²) >= 11 is 0. The van der Waals surface area contributed by atoms with Gasteiger partial charge >= 0.3 is 0 Å². The lowest BCUT2D eigenvalue weighted by Gasteiger charge is -2.26. The Morgan fingerprint density at radius 1 is 1.42 bits per heavy atom. The summed E-state index contributed by atoms with van der Waals surface area (Å²) in [5.41, 5.74) is 0.563. The molecule has 0 saturated heterocycles. The van der Waals surface area contributed by atoms with Crippen molar-refractivity contribution in [3.63, 3.8) is 0 Å². The van der Waals surface area contributed by atoms with Gasteiger partial charge in [0.25, 0.3) is 5.91 Å². The van der Waals surface area contributed by atoms with Crippen molar-refractivity contribution in [1.29, 1.82) is 0 Å². The van der Waals surface area contributed by atoms with E-state index in [0.29, 0.717) is 23.8 Å². The second kappa shape index (κ2) is 6.24. The second-order valence-corrected chi connectivity index (χ2v) is 5.50. The molecule has 1 saturated carbocycles. The van der Waals surface area contributed by atoms with E-state index in [1.807, 2.05) is 6.92 Å². The number of carbonyl (C=O) groups is 1. The minimum atomic E-state index is -0.433. The molecule has 2 rings (SSSR count). The largest absolute Gasteiger partial charge is 0.466 e. The van der Waals surface area contributed by atoms with Crippen LogP contribution >= 0.6 is 0 Å². The minimum absolute atomic E-state index is 0.163. The highest BCUT2D eigenvalue weighted by Gasteiger charge is 2.22. The molecule has 1 aromatic heterocycles. The zero-order valence-corrected chi connectivity index (χ0v) is 11.7. The van der Waals surface area contributed by atoms with Gasteiger partial charge in [0, 0.05) is 6.54 Å². The van der Waals surface area contributed by atoms with Crippen molar-refractivity contribution in [2.45, 2.75) is 52.1 Å². The van der Waals surface area contributed by atoms with Crippen LogP contribution in [0.3, 0.4) is 0 Å². The average Bonchev–Trinajstić information content (AvgIpc) is 2.75.